The Labute approximate surface area is 175 Å². The molecule has 0 aliphatic carbocycles. The normalized spacial score (nSPS) is 11.0. The summed E-state index contributed by atoms with van der Waals surface area (Å²) in [6, 6.07) is 13.1. The van der Waals surface area contributed by atoms with Gasteiger partial charge in [0.25, 0.3) is 5.91 Å². The molecule has 0 bridgehead atoms. The molecule has 0 saturated heterocycles. The average molecular weight is 432 g/mol. The number of esters is 1. The number of amides is 1. The molecule has 2 aromatic carbocycles. The molecule has 3 N–H and O–H groups in total. The second-order valence-electron chi connectivity index (χ2n) is 6.74. The van der Waals surface area contributed by atoms with E-state index in [1.54, 1.807) is 24.3 Å². The Bertz CT molecular complexity index is 999. The summed E-state index contributed by atoms with van der Waals surface area (Å²) in [6.07, 6.45) is 0.379. The molecule has 0 aromatic heterocycles. The number of aryl methyl sites for hydroxylation is 1. The van der Waals surface area contributed by atoms with Crippen molar-refractivity contribution < 1.29 is 27.5 Å². The maximum Gasteiger partial charge on any atom is 0.306 e. The van der Waals surface area contributed by atoms with Crippen molar-refractivity contribution in [2.45, 2.75) is 31.1 Å². The molecule has 0 saturated carbocycles. The largest absolute Gasteiger partial charge is 0.456 e. The Morgan fingerprint density at radius 2 is 1.60 bits per heavy atom. The SMILES string of the molecule is Cc1ccc(C(=O)CCC(=O)OCC(=O)NCCc2ccc(S(N)(=O)=O)cc2)cc1. The van der Waals surface area contributed by atoms with Crippen LogP contribution in [0.15, 0.2) is 53.4 Å². The highest BCUT2D eigenvalue weighted by atomic mass is 32.2. The van der Waals surface area contributed by atoms with E-state index in [-0.39, 0.29) is 30.1 Å². The number of sulfonamides is 1. The fraction of sp³-hybridized carbons (Fsp3) is 0.286. The van der Waals surface area contributed by atoms with Crippen LogP contribution in [0.1, 0.15) is 34.3 Å². The first-order chi connectivity index (χ1) is 14.1. The molecule has 0 heterocycles. The zero-order valence-electron chi connectivity index (χ0n) is 16.6. The van der Waals surface area contributed by atoms with Crippen LogP contribution in [-0.4, -0.2) is 39.2 Å². The maximum absolute atomic E-state index is 12.0. The fourth-order valence-corrected chi connectivity index (χ4v) is 3.08. The molecule has 0 aliphatic rings. The quantitative estimate of drug-likeness (QED) is 0.432. The van der Waals surface area contributed by atoms with Crippen LogP contribution in [0.25, 0.3) is 0 Å². The molecule has 1 amide bonds. The standard InChI is InChI=1S/C21H24N2O6S/c1-15-2-6-17(7-3-15)19(24)10-11-21(26)29-14-20(25)23-13-12-16-4-8-18(9-5-16)30(22,27)28/h2-9H,10-14H2,1H3,(H,23,25)(H2,22,27,28). The zero-order valence-corrected chi connectivity index (χ0v) is 17.4. The van der Waals surface area contributed by atoms with E-state index in [1.165, 1.54) is 12.1 Å². The third-order valence-corrected chi connectivity index (χ3v) is 5.21. The van der Waals surface area contributed by atoms with Gasteiger partial charge in [0, 0.05) is 18.5 Å². The highest BCUT2D eigenvalue weighted by Crippen LogP contribution is 2.09. The van der Waals surface area contributed by atoms with E-state index in [0.717, 1.165) is 11.1 Å². The third kappa shape index (κ3) is 7.76. The minimum absolute atomic E-state index is 0.0119. The number of ketones is 1. The maximum atomic E-state index is 12.0. The van der Waals surface area contributed by atoms with Crippen LogP contribution in [0.2, 0.25) is 0 Å². The van der Waals surface area contributed by atoms with Crippen molar-refractivity contribution in [1.29, 1.82) is 0 Å². The predicted molar refractivity (Wildman–Crippen MR) is 110 cm³/mol. The van der Waals surface area contributed by atoms with E-state index >= 15 is 0 Å². The van der Waals surface area contributed by atoms with Gasteiger partial charge in [0.15, 0.2) is 12.4 Å². The summed E-state index contributed by atoms with van der Waals surface area (Å²) >= 11 is 0. The lowest BCUT2D eigenvalue weighted by molar-refractivity contribution is -0.148. The predicted octanol–water partition coefficient (Wildman–Crippen LogP) is 1.51. The van der Waals surface area contributed by atoms with Crippen LogP contribution in [-0.2, 0) is 30.8 Å². The number of nitrogens with two attached hydrogens (primary N) is 1. The number of benzene rings is 2. The Balaban J connectivity index is 1.64. The molecule has 2 rings (SSSR count). The summed E-state index contributed by atoms with van der Waals surface area (Å²) in [5, 5.41) is 7.63. The number of nitrogens with one attached hydrogen (secondary N) is 1. The van der Waals surface area contributed by atoms with Gasteiger partial charge in [-0.3, -0.25) is 14.4 Å². The van der Waals surface area contributed by atoms with Gasteiger partial charge in [-0.25, -0.2) is 13.6 Å². The molecule has 0 atom stereocenters. The van der Waals surface area contributed by atoms with Crippen molar-refractivity contribution in [1.82, 2.24) is 5.32 Å². The van der Waals surface area contributed by atoms with Crippen molar-refractivity contribution in [2.24, 2.45) is 5.14 Å². The van der Waals surface area contributed by atoms with Gasteiger partial charge in [0.05, 0.1) is 11.3 Å². The lowest BCUT2D eigenvalue weighted by Gasteiger charge is -2.07. The Morgan fingerprint density at radius 3 is 2.20 bits per heavy atom. The first-order valence-electron chi connectivity index (χ1n) is 9.29. The van der Waals surface area contributed by atoms with Gasteiger partial charge in [-0.1, -0.05) is 42.0 Å². The van der Waals surface area contributed by atoms with Crippen LogP contribution in [0, 0.1) is 6.92 Å². The van der Waals surface area contributed by atoms with Crippen molar-refractivity contribution in [3.63, 3.8) is 0 Å². The summed E-state index contributed by atoms with van der Waals surface area (Å²) < 4.78 is 27.3. The summed E-state index contributed by atoms with van der Waals surface area (Å²) in [7, 11) is -3.74. The van der Waals surface area contributed by atoms with Crippen molar-refractivity contribution in [2.75, 3.05) is 13.2 Å². The molecular formula is C21H24N2O6S. The molecular weight excluding hydrogens is 408 g/mol. The number of Topliss-reactive ketones (excluding diaryl/α,β-unsaturated/α-hetero) is 1. The summed E-state index contributed by atoms with van der Waals surface area (Å²) in [5.41, 5.74) is 2.38. The van der Waals surface area contributed by atoms with Crippen LogP contribution in [0.4, 0.5) is 0 Å². The van der Waals surface area contributed by atoms with Crippen molar-refractivity contribution in [3.8, 4) is 0 Å². The number of ether oxygens (including phenoxy) is 1. The fourth-order valence-electron chi connectivity index (χ4n) is 2.56. The molecule has 160 valence electrons. The number of hydrogen-bond acceptors (Lipinski definition) is 6. The van der Waals surface area contributed by atoms with E-state index in [0.29, 0.717) is 12.0 Å². The first kappa shape index (κ1) is 23.2. The lowest BCUT2D eigenvalue weighted by Crippen LogP contribution is -2.30. The van der Waals surface area contributed by atoms with Crippen LogP contribution in [0.3, 0.4) is 0 Å². The van der Waals surface area contributed by atoms with E-state index in [4.69, 9.17) is 9.88 Å². The number of carbonyl (C=O) groups is 3. The van der Waals surface area contributed by atoms with Gasteiger partial charge in [-0.2, -0.15) is 0 Å². The van der Waals surface area contributed by atoms with Crippen molar-refractivity contribution >= 4 is 27.7 Å². The Hall–Kier alpha value is -3.04. The highest BCUT2D eigenvalue weighted by molar-refractivity contribution is 7.89. The van der Waals surface area contributed by atoms with E-state index in [9.17, 15) is 22.8 Å². The van der Waals surface area contributed by atoms with E-state index < -0.39 is 28.5 Å². The zero-order chi connectivity index (χ0) is 22.1. The lowest BCUT2D eigenvalue weighted by atomic mass is 10.1. The first-order valence-corrected chi connectivity index (χ1v) is 10.8. The second-order valence-corrected chi connectivity index (χ2v) is 8.30. The van der Waals surface area contributed by atoms with Crippen LogP contribution < -0.4 is 10.5 Å². The minimum atomic E-state index is -3.74. The van der Waals surface area contributed by atoms with Gasteiger partial charge in [-0.15, -0.1) is 0 Å². The number of primary sulfonamides is 1. The number of rotatable bonds is 10. The smallest absolute Gasteiger partial charge is 0.306 e. The molecule has 0 aliphatic heterocycles. The number of hydrogen-bond donors (Lipinski definition) is 2. The average Bonchev–Trinajstić information content (AvgIpc) is 2.70. The summed E-state index contributed by atoms with van der Waals surface area (Å²) in [6.45, 7) is 1.78. The number of carbonyl (C=O) groups excluding carboxylic acids is 3. The second kappa shape index (κ2) is 10.7. The minimum Gasteiger partial charge on any atom is -0.456 e. The molecule has 30 heavy (non-hydrogen) atoms. The van der Waals surface area contributed by atoms with E-state index in [2.05, 4.69) is 5.32 Å². The van der Waals surface area contributed by atoms with Gasteiger partial charge >= 0.3 is 5.97 Å². The molecule has 9 heteroatoms. The Kier molecular flexibility index (Phi) is 8.25. The molecule has 0 spiro atoms. The topological polar surface area (TPSA) is 133 Å². The third-order valence-electron chi connectivity index (χ3n) is 4.28. The van der Waals surface area contributed by atoms with Gasteiger partial charge in [-0.05, 0) is 31.0 Å². The molecule has 8 nitrogen and oxygen atoms in total. The summed E-state index contributed by atoms with van der Waals surface area (Å²) in [4.78, 5) is 35.5. The summed E-state index contributed by atoms with van der Waals surface area (Å²) in [5.74, 6) is -1.25. The van der Waals surface area contributed by atoms with Gasteiger partial charge in [0.2, 0.25) is 10.0 Å². The monoisotopic (exact) mass is 432 g/mol. The van der Waals surface area contributed by atoms with Gasteiger partial charge in [0.1, 0.15) is 0 Å². The van der Waals surface area contributed by atoms with Crippen LogP contribution >= 0.6 is 0 Å². The van der Waals surface area contributed by atoms with Crippen molar-refractivity contribution in [3.05, 3.63) is 65.2 Å². The highest BCUT2D eigenvalue weighted by Gasteiger charge is 2.12. The molecule has 0 unspecified atom stereocenters. The molecule has 0 fully saturated rings. The molecule has 2 aromatic rings. The van der Waals surface area contributed by atoms with E-state index in [1.807, 2.05) is 19.1 Å². The van der Waals surface area contributed by atoms with Gasteiger partial charge < -0.3 is 10.1 Å². The molecule has 0 radical (unpaired) electrons. The van der Waals surface area contributed by atoms with Crippen LogP contribution in [0.5, 0.6) is 0 Å². The Morgan fingerprint density at radius 1 is 0.967 bits per heavy atom.